The number of benzene rings is 1. The minimum atomic E-state index is -0.207. The van der Waals surface area contributed by atoms with Gasteiger partial charge in [0, 0.05) is 12.1 Å². The summed E-state index contributed by atoms with van der Waals surface area (Å²) in [6.07, 6.45) is 4.28. The van der Waals surface area contributed by atoms with E-state index < -0.39 is 0 Å². The van der Waals surface area contributed by atoms with Crippen molar-refractivity contribution in [2.24, 2.45) is 17.4 Å². The van der Waals surface area contributed by atoms with Crippen LogP contribution in [-0.4, -0.2) is 6.04 Å². The molecule has 0 aromatic heterocycles. The fraction of sp³-hybridized carbons (Fsp3) is 0.538. The van der Waals surface area contributed by atoms with E-state index in [0.717, 1.165) is 31.2 Å². The quantitative estimate of drug-likeness (QED) is 0.807. The Bertz CT molecular complexity index is 328. The summed E-state index contributed by atoms with van der Waals surface area (Å²) in [5.74, 6) is 0.284. The van der Waals surface area contributed by atoms with E-state index in [-0.39, 0.29) is 11.9 Å². The van der Waals surface area contributed by atoms with Gasteiger partial charge in [-0.25, -0.2) is 4.39 Å². The predicted molar refractivity (Wildman–Crippen MR) is 63.3 cm³/mol. The molecule has 2 nitrogen and oxygen atoms in total. The number of hydrogen-bond acceptors (Lipinski definition) is 2. The first-order valence-corrected chi connectivity index (χ1v) is 5.93. The Hall–Kier alpha value is -0.930. The Morgan fingerprint density at radius 3 is 2.19 bits per heavy atom. The van der Waals surface area contributed by atoms with Gasteiger partial charge in [-0.1, -0.05) is 12.1 Å². The fourth-order valence-electron chi connectivity index (χ4n) is 2.46. The molecule has 2 rings (SSSR count). The van der Waals surface area contributed by atoms with E-state index in [2.05, 4.69) is 0 Å². The van der Waals surface area contributed by atoms with Crippen molar-refractivity contribution >= 4 is 0 Å². The van der Waals surface area contributed by atoms with E-state index in [0.29, 0.717) is 12.0 Å². The standard InChI is InChI=1S/C13H19FN2/c14-11-5-1-9(2-6-11)13(16)10-3-7-12(15)8-4-10/h1-2,5-6,10,12-13H,3-4,7-8,15-16H2. The van der Waals surface area contributed by atoms with Gasteiger partial charge >= 0.3 is 0 Å². The van der Waals surface area contributed by atoms with E-state index in [4.69, 9.17) is 11.5 Å². The normalized spacial score (nSPS) is 27.7. The number of nitrogens with two attached hydrogens (primary N) is 2. The van der Waals surface area contributed by atoms with Gasteiger partial charge in [0.1, 0.15) is 5.82 Å². The maximum Gasteiger partial charge on any atom is 0.123 e. The molecule has 16 heavy (non-hydrogen) atoms. The molecule has 1 unspecified atom stereocenters. The lowest BCUT2D eigenvalue weighted by molar-refractivity contribution is 0.285. The third-order valence-corrected chi connectivity index (χ3v) is 3.58. The maximum atomic E-state index is 12.8. The minimum Gasteiger partial charge on any atom is -0.328 e. The van der Waals surface area contributed by atoms with Gasteiger partial charge in [-0.05, 0) is 49.3 Å². The lowest BCUT2D eigenvalue weighted by atomic mass is 9.80. The fourth-order valence-corrected chi connectivity index (χ4v) is 2.46. The highest BCUT2D eigenvalue weighted by Crippen LogP contribution is 2.32. The largest absolute Gasteiger partial charge is 0.328 e. The van der Waals surface area contributed by atoms with Crippen molar-refractivity contribution in [3.05, 3.63) is 35.6 Å². The van der Waals surface area contributed by atoms with E-state index in [9.17, 15) is 4.39 Å². The van der Waals surface area contributed by atoms with Crippen LogP contribution in [0.2, 0.25) is 0 Å². The number of rotatable bonds is 2. The van der Waals surface area contributed by atoms with E-state index >= 15 is 0 Å². The van der Waals surface area contributed by atoms with Crippen molar-refractivity contribution in [3.8, 4) is 0 Å². The third-order valence-electron chi connectivity index (χ3n) is 3.58. The van der Waals surface area contributed by atoms with Gasteiger partial charge in [0.2, 0.25) is 0 Å². The Kier molecular flexibility index (Phi) is 3.56. The molecule has 3 heteroatoms. The smallest absolute Gasteiger partial charge is 0.123 e. The lowest BCUT2D eigenvalue weighted by Crippen LogP contribution is -2.31. The molecule has 1 aromatic rings. The van der Waals surface area contributed by atoms with Crippen molar-refractivity contribution in [1.29, 1.82) is 0 Å². The van der Waals surface area contributed by atoms with E-state index in [1.807, 2.05) is 0 Å². The second-order valence-corrected chi connectivity index (χ2v) is 4.75. The molecule has 1 atom stereocenters. The molecule has 1 fully saturated rings. The zero-order chi connectivity index (χ0) is 11.5. The summed E-state index contributed by atoms with van der Waals surface area (Å²) in [7, 11) is 0. The molecule has 0 spiro atoms. The van der Waals surface area contributed by atoms with Crippen LogP contribution in [0.3, 0.4) is 0 Å². The summed E-state index contributed by atoms with van der Waals surface area (Å²) in [5, 5.41) is 0. The Morgan fingerprint density at radius 1 is 1.06 bits per heavy atom. The summed E-state index contributed by atoms with van der Waals surface area (Å²) < 4.78 is 12.8. The Labute approximate surface area is 95.8 Å². The van der Waals surface area contributed by atoms with Crippen LogP contribution in [0.5, 0.6) is 0 Å². The zero-order valence-electron chi connectivity index (χ0n) is 9.40. The summed E-state index contributed by atoms with van der Waals surface area (Å²) in [6.45, 7) is 0. The van der Waals surface area contributed by atoms with Gasteiger partial charge in [0.25, 0.3) is 0 Å². The Balaban J connectivity index is 2.01. The second kappa shape index (κ2) is 4.93. The highest BCUT2D eigenvalue weighted by atomic mass is 19.1. The van der Waals surface area contributed by atoms with Crippen molar-refractivity contribution in [3.63, 3.8) is 0 Å². The molecule has 1 aliphatic rings. The summed E-state index contributed by atoms with van der Waals surface area (Å²) in [4.78, 5) is 0. The molecule has 0 aliphatic heterocycles. The van der Waals surface area contributed by atoms with Crippen LogP contribution in [0, 0.1) is 11.7 Å². The van der Waals surface area contributed by atoms with Crippen molar-refractivity contribution < 1.29 is 4.39 Å². The molecule has 1 aliphatic carbocycles. The van der Waals surface area contributed by atoms with Gasteiger partial charge in [0.05, 0.1) is 0 Å². The van der Waals surface area contributed by atoms with Crippen LogP contribution < -0.4 is 11.5 Å². The van der Waals surface area contributed by atoms with Gasteiger partial charge in [-0.15, -0.1) is 0 Å². The van der Waals surface area contributed by atoms with Crippen LogP contribution in [0.15, 0.2) is 24.3 Å². The highest BCUT2D eigenvalue weighted by molar-refractivity contribution is 5.20. The van der Waals surface area contributed by atoms with Crippen LogP contribution in [0.4, 0.5) is 4.39 Å². The third kappa shape index (κ3) is 2.60. The first-order chi connectivity index (χ1) is 7.66. The van der Waals surface area contributed by atoms with Crippen molar-refractivity contribution in [2.45, 2.75) is 37.8 Å². The molecule has 0 saturated heterocycles. The topological polar surface area (TPSA) is 52.0 Å². The Morgan fingerprint density at radius 2 is 1.62 bits per heavy atom. The highest BCUT2D eigenvalue weighted by Gasteiger charge is 2.24. The molecule has 1 saturated carbocycles. The molecule has 0 radical (unpaired) electrons. The van der Waals surface area contributed by atoms with Crippen molar-refractivity contribution in [1.82, 2.24) is 0 Å². The average Bonchev–Trinajstić information content (AvgIpc) is 2.30. The van der Waals surface area contributed by atoms with Gasteiger partial charge in [-0.2, -0.15) is 0 Å². The summed E-state index contributed by atoms with van der Waals surface area (Å²) in [6, 6.07) is 6.89. The van der Waals surface area contributed by atoms with Crippen LogP contribution in [-0.2, 0) is 0 Å². The molecular weight excluding hydrogens is 203 g/mol. The summed E-state index contributed by atoms with van der Waals surface area (Å²) in [5.41, 5.74) is 13.1. The first-order valence-electron chi connectivity index (χ1n) is 5.93. The molecular formula is C13H19FN2. The van der Waals surface area contributed by atoms with Crippen LogP contribution in [0.1, 0.15) is 37.3 Å². The zero-order valence-corrected chi connectivity index (χ0v) is 9.40. The molecule has 0 bridgehead atoms. The summed E-state index contributed by atoms with van der Waals surface area (Å²) >= 11 is 0. The lowest BCUT2D eigenvalue weighted by Gasteiger charge is -2.30. The second-order valence-electron chi connectivity index (χ2n) is 4.75. The van der Waals surface area contributed by atoms with Gasteiger partial charge in [-0.3, -0.25) is 0 Å². The van der Waals surface area contributed by atoms with Crippen LogP contribution >= 0.6 is 0 Å². The average molecular weight is 222 g/mol. The maximum absolute atomic E-state index is 12.8. The minimum absolute atomic E-state index is 0.0214. The SMILES string of the molecule is NC1CCC(C(N)c2ccc(F)cc2)CC1. The van der Waals surface area contributed by atoms with Crippen molar-refractivity contribution in [2.75, 3.05) is 0 Å². The molecule has 0 heterocycles. The monoisotopic (exact) mass is 222 g/mol. The number of halogens is 1. The molecule has 0 amide bonds. The first kappa shape index (κ1) is 11.6. The molecule has 88 valence electrons. The van der Waals surface area contributed by atoms with Gasteiger partial charge < -0.3 is 11.5 Å². The molecule has 1 aromatic carbocycles. The van der Waals surface area contributed by atoms with Crippen LogP contribution in [0.25, 0.3) is 0 Å². The van der Waals surface area contributed by atoms with Gasteiger partial charge in [0.15, 0.2) is 0 Å². The predicted octanol–water partition coefficient (Wildman–Crippen LogP) is 2.34. The van der Waals surface area contributed by atoms with E-state index in [1.165, 1.54) is 12.1 Å². The molecule has 4 N–H and O–H groups in total. The number of hydrogen-bond donors (Lipinski definition) is 2. The van der Waals surface area contributed by atoms with E-state index in [1.54, 1.807) is 12.1 Å².